The number of nitrogens with one attached hydrogen (secondary N) is 2. The first kappa shape index (κ1) is 13.8. The van der Waals surface area contributed by atoms with Gasteiger partial charge in [-0.05, 0) is 6.92 Å². The van der Waals surface area contributed by atoms with Gasteiger partial charge in [-0.15, -0.1) is 11.3 Å². The number of nitrogens with two attached hydrogens (primary N) is 1. The molecule has 0 radical (unpaired) electrons. The molecule has 2 aromatic rings. The fourth-order valence-corrected chi connectivity index (χ4v) is 2.93. The molecule has 0 saturated carbocycles. The van der Waals surface area contributed by atoms with Crippen LogP contribution in [0, 0.1) is 0 Å². The summed E-state index contributed by atoms with van der Waals surface area (Å²) in [5.41, 5.74) is 8.49. The second-order valence-electron chi connectivity index (χ2n) is 3.75. The number of nitrogen functional groups attached to an aromatic ring is 1. The predicted octanol–water partition coefficient (Wildman–Crippen LogP) is 1.59. The Kier molecular flexibility index (Phi) is 4.69. The molecule has 2 aromatic heterocycles. The summed E-state index contributed by atoms with van der Waals surface area (Å²) < 4.78 is 0. The zero-order valence-electron chi connectivity index (χ0n) is 10.5. The summed E-state index contributed by atoms with van der Waals surface area (Å²) in [6.45, 7) is 3.25. The van der Waals surface area contributed by atoms with E-state index in [0.717, 1.165) is 12.2 Å². The fourth-order valence-electron chi connectivity index (χ4n) is 1.47. The van der Waals surface area contributed by atoms with Crippen molar-refractivity contribution < 1.29 is 4.79 Å². The summed E-state index contributed by atoms with van der Waals surface area (Å²) in [6.07, 6.45) is 0.716. The van der Waals surface area contributed by atoms with Crippen LogP contribution in [0.4, 0.5) is 10.9 Å². The van der Waals surface area contributed by atoms with Crippen LogP contribution in [0.5, 0.6) is 0 Å². The van der Waals surface area contributed by atoms with Crippen molar-refractivity contribution in [1.82, 2.24) is 15.3 Å². The van der Waals surface area contributed by atoms with E-state index < -0.39 is 0 Å². The zero-order chi connectivity index (χ0) is 13.7. The number of rotatable bonds is 6. The zero-order valence-corrected chi connectivity index (χ0v) is 12.1. The second-order valence-corrected chi connectivity index (χ2v) is 5.47. The van der Waals surface area contributed by atoms with Crippen LogP contribution in [0.1, 0.15) is 22.3 Å². The molecule has 2 heterocycles. The molecule has 4 N–H and O–H groups in total. The van der Waals surface area contributed by atoms with Crippen molar-refractivity contribution in [3.05, 3.63) is 21.5 Å². The van der Waals surface area contributed by atoms with Crippen molar-refractivity contribution in [2.24, 2.45) is 0 Å². The van der Waals surface area contributed by atoms with Crippen LogP contribution in [0.25, 0.3) is 0 Å². The number of hydrogen-bond donors (Lipinski definition) is 3. The summed E-state index contributed by atoms with van der Waals surface area (Å²) in [4.78, 5) is 20.6. The number of nitrogens with zero attached hydrogens (tertiary/aromatic N) is 2. The van der Waals surface area contributed by atoms with Gasteiger partial charge in [-0.1, -0.05) is 11.3 Å². The number of thiazole rings is 2. The first-order chi connectivity index (χ1) is 9.20. The van der Waals surface area contributed by atoms with E-state index in [4.69, 9.17) is 5.73 Å². The minimum absolute atomic E-state index is 0.186. The monoisotopic (exact) mass is 297 g/mol. The molecule has 0 atom stereocenters. The van der Waals surface area contributed by atoms with E-state index in [1.165, 1.54) is 11.3 Å². The number of amides is 1. The lowest BCUT2D eigenvalue weighted by atomic mass is 10.3. The average Bonchev–Trinajstić information content (AvgIpc) is 2.99. The van der Waals surface area contributed by atoms with Crippen LogP contribution in [0.3, 0.4) is 0 Å². The van der Waals surface area contributed by atoms with Gasteiger partial charge in [-0.25, -0.2) is 9.97 Å². The summed E-state index contributed by atoms with van der Waals surface area (Å²) in [5.74, 6) is 0.0847. The van der Waals surface area contributed by atoms with E-state index in [1.54, 1.807) is 16.8 Å². The van der Waals surface area contributed by atoms with Crippen molar-refractivity contribution in [1.29, 1.82) is 0 Å². The third-order valence-electron chi connectivity index (χ3n) is 2.34. The van der Waals surface area contributed by atoms with Gasteiger partial charge in [0.15, 0.2) is 5.13 Å². The molecule has 0 aliphatic carbocycles. The van der Waals surface area contributed by atoms with E-state index in [0.29, 0.717) is 23.0 Å². The van der Waals surface area contributed by atoms with E-state index in [2.05, 4.69) is 20.6 Å². The molecule has 6 nitrogen and oxygen atoms in total. The first-order valence-electron chi connectivity index (χ1n) is 5.86. The molecular weight excluding hydrogens is 282 g/mol. The quantitative estimate of drug-likeness (QED) is 0.753. The minimum Gasteiger partial charge on any atom is -0.382 e. The highest BCUT2D eigenvalue weighted by Crippen LogP contribution is 2.24. The molecule has 0 fully saturated rings. The van der Waals surface area contributed by atoms with Gasteiger partial charge in [0, 0.05) is 24.9 Å². The number of hydrogen-bond acceptors (Lipinski definition) is 7. The van der Waals surface area contributed by atoms with Crippen LogP contribution in [-0.4, -0.2) is 29.0 Å². The maximum absolute atomic E-state index is 11.9. The highest BCUT2D eigenvalue weighted by molar-refractivity contribution is 7.18. The SMILES string of the molecule is CCNc1nc(N)c(C(=O)NCCc2cscn2)s1. The standard InChI is InChI=1S/C11H15N5OS2/c1-2-13-11-16-9(12)8(19-11)10(17)14-4-3-7-5-18-6-15-7/h5-6H,2-4,12H2,1H3,(H,13,16)(H,14,17). The van der Waals surface area contributed by atoms with Crippen LogP contribution in [0.15, 0.2) is 10.9 Å². The Morgan fingerprint density at radius 2 is 2.37 bits per heavy atom. The molecule has 0 bridgehead atoms. The molecule has 0 aliphatic heterocycles. The highest BCUT2D eigenvalue weighted by Gasteiger charge is 2.15. The Morgan fingerprint density at radius 3 is 3.05 bits per heavy atom. The van der Waals surface area contributed by atoms with Gasteiger partial charge in [0.25, 0.3) is 5.91 Å². The molecule has 102 valence electrons. The predicted molar refractivity (Wildman–Crippen MR) is 78.8 cm³/mol. The number of anilines is 2. The topological polar surface area (TPSA) is 92.9 Å². The summed E-state index contributed by atoms with van der Waals surface area (Å²) in [7, 11) is 0. The smallest absolute Gasteiger partial charge is 0.265 e. The first-order valence-corrected chi connectivity index (χ1v) is 7.62. The fraction of sp³-hybridized carbons (Fsp3) is 0.364. The largest absolute Gasteiger partial charge is 0.382 e. The van der Waals surface area contributed by atoms with E-state index in [-0.39, 0.29) is 11.7 Å². The van der Waals surface area contributed by atoms with Gasteiger partial charge < -0.3 is 16.4 Å². The Bertz CT molecular complexity index is 537. The van der Waals surface area contributed by atoms with Crippen molar-refractivity contribution in [2.75, 3.05) is 24.1 Å². The highest BCUT2D eigenvalue weighted by atomic mass is 32.1. The lowest BCUT2D eigenvalue weighted by molar-refractivity contribution is 0.0959. The van der Waals surface area contributed by atoms with Crippen molar-refractivity contribution >= 4 is 39.5 Å². The molecule has 2 rings (SSSR count). The van der Waals surface area contributed by atoms with E-state index in [9.17, 15) is 4.79 Å². The van der Waals surface area contributed by atoms with Gasteiger partial charge in [0.2, 0.25) is 0 Å². The van der Waals surface area contributed by atoms with Crippen molar-refractivity contribution in [2.45, 2.75) is 13.3 Å². The van der Waals surface area contributed by atoms with E-state index >= 15 is 0 Å². The maximum Gasteiger partial charge on any atom is 0.265 e. The normalized spacial score (nSPS) is 10.4. The summed E-state index contributed by atoms with van der Waals surface area (Å²) in [5, 5.41) is 8.50. The Hall–Kier alpha value is -1.67. The van der Waals surface area contributed by atoms with Crippen LogP contribution in [-0.2, 0) is 6.42 Å². The third-order valence-corrected chi connectivity index (χ3v) is 4.00. The maximum atomic E-state index is 11.9. The molecule has 0 aromatic carbocycles. The Morgan fingerprint density at radius 1 is 1.53 bits per heavy atom. The molecule has 0 saturated heterocycles. The molecule has 1 amide bonds. The Labute approximate surface area is 119 Å². The average molecular weight is 297 g/mol. The van der Waals surface area contributed by atoms with Crippen molar-refractivity contribution in [3.8, 4) is 0 Å². The van der Waals surface area contributed by atoms with Gasteiger partial charge in [0.05, 0.1) is 11.2 Å². The molecule has 0 aliphatic rings. The lowest BCUT2D eigenvalue weighted by Crippen LogP contribution is -2.25. The minimum atomic E-state index is -0.186. The third kappa shape index (κ3) is 3.65. The number of carbonyl (C=O) groups excluding carboxylic acids is 1. The Balaban J connectivity index is 1.88. The molecular formula is C11H15N5OS2. The molecule has 0 unspecified atom stereocenters. The van der Waals surface area contributed by atoms with E-state index in [1.807, 2.05) is 12.3 Å². The van der Waals surface area contributed by atoms with Gasteiger partial charge in [0.1, 0.15) is 10.7 Å². The molecule has 0 spiro atoms. The van der Waals surface area contributed by atoms with Gasteiger partial charge in [-0.3, -0.25) is 4.79 Å². The van der Waals surface area contributed by atoms with Crippen LogP contribution in [0.2, 0.25) is 0 Å². The molecule has 19 heavy (non-hydrogen) atoms. The lowest BCUT2D eigenvalue weighted by Gasteiger charge is -2.01. The summed E-state index contributed by atoms with van der Waals surface area (Å²) in [6, 6.07) is 0. The number of aromatic nitrogens is 2. The van der Waals surface area contributed by atoms with Gasteiger partial charge in [-0.2, -0.15) is 0 Å². The number of carbonyl (C=O) groups is 1. The van der Waals surface area contributed by atoms with Crippen LogP contribution >= 0.6 is 22.7 Å². The van der Waals surface area contributed by atoms with Crippen LogP contribution < -0.4 is 16.4 Å². The molecule has 8 heteroatoms. The van der Waals surface area contributed by atoms with Gasteiger partial charge >= 0.3 is 0 Å². The second kappa shape index (κ2) is 6.48. The van der Waals surface area contributed by atoms with Crippen molar-refractivity contribution in [3.63, 3.8) is 0 Å². The summed E-state index contributed by atoms with van der Waals surface area (Å²) >= 11 is 2.81.